The van der Waals surface area contributed by atoms with Crippen LogP contribution in [0.3, 0.4) is 0 Å². The minimum absolute atomic E-state index is 0.497. The van der Waals surface area contributed by atoms with E-state index in [0.29, 0.717) is 21.7 Å². The van der Waals surface area contributed by atoms with Gasteiger partial charge in [-0.15, -0.1) is 0 Å². The van der Waals surface area contributed by atoms with Crippen LogP contribution in [0.25, 0.3) is 11.0 Å². The molecule has 1 heterocycles. The standard InChI is InChI=1S/C12H11Cl2NO/c13-10-4-3-9-7(5-15-8-1-2-8)6-16-12(9)11(10)14/h3-4,6,8,15H,1-2,5H2. The number of furan rings is 1. The highest BCUT2D eigenvalue weighted by atomic mass is 35.5. The summed E-state index contributed by atoms with van der Waals surface area (Å²) in [5.74, 6) is 0. The molecular weight excluding hydrogens is 245 g/mol. The van der Waals surface area contributed by atoms with Crippen LogP contribution in [0.1, 0.15) is 18.4 Å². The van der Waals surface area contributed by atoms with Crippen LogP contribution in [0.5, 0.6) is 0 Å². The molecule has 0 saturated heterocycles. The van der Waals surface area contributed by atoms with Crippen LogP contribution in [0.15, 0.2) is 22.8 Å². The van der Waals surface area contributed by atoms with Crippen molar-refractivity contribution in [2.45, 2.75) is 25.4 Å². The molecule has 1 aromatic carbocycles. The molecular formula is C12H11Cl2NO. The SMILES string of the molecule is Clc1ccc2c(CNC3CC3)coc2c1Cl. The smallest absolute Gasteiger partial charge is 0.154 e. The Labute approximate surface area is 104 Å². The number of hydrogen-bond donors (Lipinski definition) is 1. The van der Waals surface area contributed by atoms with E-state index in [2.05, 4.69) is 5.32 Å². The largest absolute Gasteiger partial charge is 0.462 e. The minimum atomic E-state index is 0.497. The second-order valence-corrected chi connectivity index (χ2v) is 4.94. The Bertz CT molecular complexity index is 531. The van der Waals surface area contributed by atoms with Crippen LogP contribution in [-0.2, 0) is 6.54 Å². The van der Waals surface area contributed by atoms with Gasteiger partial charge in [0.05, 0.1) is 11.3 Å². The molecule has 2 nitrogen and oxygen atoms in total. The van der Waals surface area contributed by atoms with Crippen LogP contribution in [0.2, 0.25) is 10.0 Å². The fourth-order valence-electron chi connectivity index (χ4n) is 1.77. The van der Waals surface area contributed by atoms with Crippen molar-refractivity contribution < 1.29 is 4.42 Å². The average Bonchev–Trinajstić information content (AvgIpc) is 3.01. The molecule has 0 amide bonds. The summed E-state index contributed by atoms with van der Waals surface area (Å²) in [6.07, 6.45) is 4.31. The molecule has 0 spiro atoms. The molecule has 1 aliphatic rings. The number of halogens is 2. The first-order valence-corrected chi connectivity index (χ1v) is 6.09. The Balaban J connectivity index is 1.96. The molecule has 0 radical (unpaired) electrons. The van der Waals surface area contributed by atoms with Crippen molar-refractivity contribution in [3.8, 4) is 0 Å². The van der Waals surface area contributed by atoms with Crippen molar-refractivity contribution in [1.82, 2.24) is 5.32 Å². The minimum Gasteiger partial charge on any atom is -0.462 e. The van der Waals surface area contributed by atoms with E-state index in [4.69, 9.17) is 27.6 Å². The number of fused-ring (bicyclic) bond motifs is 1. The van der Waals surface area contributed by atoms with Gasteiger partial charge in [0.25, 0.3) is 0 Å². The lowest BCUT2D eigenvalue weighted by Crippen LogP contribution is -2.14. The maximum absolute atomic E-state index is 6.07. The van der Waals surface area contributed by atoms with Gasteiger partial charge in [-0.05, 0) is 25.0 Å². The zero-order valence-electron chi connectivity index (χ0n) is 8.59. The predicted octanol–water partition coefficient (Wildman–Crippen LogP) is 3.99. The van der Waals surface area contributed by atoms with Gasteiger partial charge in [-0.2, -0.15) is 0 Å². The van der Waals surface area contributed by atoms with E-state index < -0.39 is 0 Å². The topological polar surface area (TPSA) is 25.2 Å². The van der Waals surface area contributed by atoms with Gasteiger partial charge in [-0.1, -0.05) is 23.2 Å². The summed E-state index contributed by atoms with van der Waals surface area (Å²) in [4.78, 5) is 0. The van der Waals surface area contributed by atoms with Crippen LogP contribution < -0.4 is 5.32 Å². The van der Waals surface area contributed by atoms with Gasteiger partial charge in [0.15, 0.2) is 5.58 Å². The molecule has 2 aromatic rings. The van der Waals surface area contributed by atoms with E-state index >= 15 is 0 Å². The van der Waals surface area contributed by atoms with Crippen LogP contribution in [-0.4, -0.2) is 6.04 Å². The van der Waals surface area contributed by atoms with Crippen molar-refractivity contribution in [2.75, 3.05) is 0 Å². The second-order valence-electron chi connectivity index (χ2n) is 4.15. The first-order chi connectivity index (χ1) is 7.75. The fourth-order valence-corrected chi connectivity index (χ4v) is 2.13. The number of rotatable bonds is 3. The van der Waals surface area contributed by atoms with E-state index in [1.54, 1.807) is 6.26 Å². The lowest BCUT2D eigenvalue weighted by Gasteiger charge is -2.00. The van der Waals surface area contributed by atoms with Gasteiger partial charge in [-0.25, -0.2) is 0 Å². The monoisotopic (exact) mass is 255 g/mol. The van der Waals surface area contributed by atoms with Crippen LogP contribution in [0.4, 0.5) is 0 Å². The van der Waals surface area contributed by atoms with E-state index in [9.17, 15) is 0 Å². The predicted molar refractivity (Wildman–Crippen MR) is 66.1 cm³/mol. The van der Waals surface area contributed by atoms with Crippen LogP contribution >= 0.6 is 23.2 Å². The van der Waals surface area contributed by atoms with Crippen molar-refractivity contribution in [1.29, 1.82) is 0 Å². The lowest BCUT2D eigenvalue weighted by molar-refractivity contribution is 0.601. The summed E-state index contributed by atoms with van der Waals surface area (Å²) in [6.45, 7) is 0.829. The molecule has 0 unspecified atom stereocenters. The van der Waals surface area contributed by atoms with Gasteiger partial charge in [0, 0.05) is 23.5 Å². The Kier molecular flexibility index (Phi) is 2.58. The maximum Gasteiger partial charge on any atom is 0.154 e. The molecule has 84 valence electrons. The number of nitrogens with one attached hydrogen (secondary N) is 1. The third kappa shape index (κ3) is 1.81. The highest BCUT2D eigenvalue weighted by Gasteiger charge is 2.21. The second kappa shape index (κ2) is 3.95. The average molecular weight is 256 g/mol. The summed E-state index contributed by atoms with van der Waals surface area (Å²) in [6, 6.07) is 4.45. The molecule has 1 saturated carbocycles. The van der Waals surface area contributed by atoms with Crippen molar-refractivity contribution in [3.63, 3.8) is 0 Å². The molecule has 16 heavy (non-hydrogen) atoms. The molecule has 1 fully saturated rings. The Morgan fingerprint density at radius 2 is 2.12 bits per heavy atom. The molecule has 1 N–H and O–H groups in total. The molecule has 3 rings (SSSR count). The zero-order chi connectivity index (χ0) is 11.1. The Hall–Kier alpha value is -0.700. The van der Waals surface area contributed by atoms with E-state index in [1.165, 1.54) is 12.8 Å². The third-order valence-electron chi connectivity index (χ3n) is 2.87. The first kappa shape index (κ1) is 10.5. The van der Waals surface area contributed by atoms with Crippen molar-refractivity contribution in [3.05, 3.63) is 34.0 Å². The Morgan fingerprint density at radius 3 is 2.88 bits per heavy atom. The van der Waals surface area contributed by atoms with E-state index in [1.807, 2.05) is 12.1 Å². The van der Waals surface area contributed by atoms with Crippen LogP contribution in [0, 0.1) is 0 Å². The van der Waals surface area contributed by atoms with Gasteiger partial charge < -0.3 is 9.73 Å². The van der Waals surface area contributed by atoms with Gasteiger partial charge in [0.2, 0.25) is 0 Å². The maximum atomic E-state index is 6.07. The van der Waals surface area contributed by atoms with Gasteiger partial charge in [0.1, 0.15) is 5.02 Å². The highest BCUT2D eigenvalue weighted by molar-refractivity contribution is 6.44. The van der Waals surface area contributed by atoms with E-state index in [-0.39, 0.29) is 0 Å². The molecule has 4 heteroatoms. The third-order valence-corrected chi connectivity index (χ3v) is 3.66. The fraction of sp³-hybridized carbons (Fsp3) is 0.333. The zero-order valence-corrected chi connectivity index (χ0v) is 10.1. The molecule has 1 aliphatic carbocycles. The normalized spacial score (nSPS) is 15.9. The molecule has 1 aromatic heterocycles. The first-order valence-electron chi connectivity index (χ1n) is 5.33. The van der Waals surface area contributed by atoms with Gasteiger partial charge in [-0.3, -0.25) is 0 Å². The number of benzene rings is 1. The summed E-state index contributed by atoms with van der Waals surface area (Å²) in [5, 5.41) is 5.52. The summed E-state index contributed by atoms with van der Waals surface area (Å²) < 4.78 is 5.46. The molecule has 0 aliphatic heterocycles. The summed E-state index contributed by atoms with van der Waals surface area (Å²) in [5.41, 5.74) is 1.82. The number of hydrogen-bond acceptors (Lipinski definition) is 2. The lowest BCUT2D eigenvalue weighted by atomic mass is 10.2. The quantitative estimate of drug-likeness (QED) is 0.898. The molecule has 0 atom stereocenters. The summed E-state index contributed by atoms with van der Waals surface area (Å²) >= 11 is 12.0. The van der Waals surface area contributed by atoms with Gasteiger partial charge >= 0.3 is 0 Å². The molecule has 0 bridgehead atoms. The van der Waals surface area contributed by atoms with E-state index in [0.717, 1.165) is 17.5 Å². The Morgan fingerprint density at radius 1 is 1.31 bits per heavy atom. The van der Waals surface area contributed by atoms with Crippen molar-refractivity contribution in [2.24, 2.45) is 0 Å². The van der Waals surface area contributed by atoms with Crippen molar-refractivity contribution >= 4 is 34.2 Å². The highest BCUT2D eigenvalue weighted by Crippen LogP contribution is 2.33. The summed E-state index contributed by atoms with van der Waals surface area (Å²) in [7, 11) is 0.